The summed E-state index contributed by atoms with van der Waals surface area (Å²) in [5.74, 6) is 0.202. The van der Waals surface area contributed by atoms with Crippen LogP contribution >= 0.6 is 0 Å². The van der Waals surface area contributed by atoms with Gasteiger partial charge in [-0.2, -0.15) is 5.10 Å². The molecule has 1 aliphatic heterocycles. The Bertz CT molecular complexity index is 1040. The lowest BCUT2D eigenvalue weighted by molar-refractivity contribution is -0.132. The number of likely N-dealkylation sites (N-methyl/N-ethyl adjacent to an activating group) is 1. The number of aromatic amines is 1. The summed E-state index contributed by atoms with van der Waals surface area (Å²) >= 11 is 0. The zero-order valence-electron chi connectivity index (χ0n) is 14.7. The fourth-order valence-corrected chi connectivity index (χ4v) is 3.44. The number of rotatable bonds is 3. The van der Waals surface area contributed by atoms with Crippen LogP contribution in [0.1, 0.15) is 22.9 Å². The molecule has 0 saturated heterocycles. The number of carbonyl (C=O) groups is 1. The highest BCUT2D eigenvalue weighted by Gasteiger charge is 2.28. The fraction of sp³-hybridized carbons (Fsp3) is 0.333. The molecule has 3 heterocycles. The van der Waals surface area contributed by atoms with Crippen LogP contribution in [0.25, 0.3) is 11.0 Å². The zero-order chi connectivity index (χ0) is 18.3. The van der Waals surface area contributed by atoms with Crippen LogP contribution in [0.5, 0.6) is 0 Å². The third-order valence-electron chi connectivity index (χ3n) is 4.81. The number of hydrogen-bond acceptors (Lipinski definition) is 5. The van der Waals surface area contributed by atoms with Gasteiger partial charge in [0.2, 0.25) is 5.91 Å². The van der Waals surface area contributed by atoms with Gasteiger partial charge in [-0.15, -0.1) is 0 Å². The molecule has 0 spiro atoms. The number of aryl methyl sites for hydroxylation is 1. The first-order valence-electron chi connectivity index (χ1n) is 8.49. The van der Waals surface area contributed by atoms with Gasteiger partial charge in [0.05, 0.1) is 18.7 Å². The molecule has 26 heavy (non-hydrogen) atoms. The van der Waals surface area contributed by atoms with Crippen molar-refractivity contribution >= 4 is 16.9 Å². The predicted molar refractivity (Wildman–Crippen MR) is 96.5 cm³/mol. The molecule has 0 aliphatic carbocycles. The Morgan fingerprint density at radius 1 is 1.38 bits per heavy atom. The van der Waals surface area contributed by atoms with Crippen molar-refractivity contribution < 1.29 is 4.79 Å². The summed E-state index contributed by atoms with van der Waals surface area (Å²) in [7, 11) is 3.46. The van der Waals surface area contributed by atoms with E-state index < -0.39 is 0 Å². The molecule has 4 rings (SSSR count). The number of nitrogens with one attached hydrogen (secondary N) is 2. The summed E-state index contributed by atoms with van der Waals surface area (Å²) < 4.78 is 1.55. The number of nitrogens with zero attached hydrogens (tertiary/aromatic N) is 4. The normalized spacial score (nSPS) is 16.5. The van der Waals surface area contributed by atoms with Gasteiger partial charge in [0.25, 0.3) is 5.56 Å². The van der Waals surface area contributed by atoms with Crippen LogP contribution in [0.2, 0.25) is 0 Å². The monoisotopic (exact) mass is 352 g/mol. The molecule has 0 radical (unpaired) electrons. The molecular weight excluding hydrogens is 332 g/mol. The molecule has 2 aromatic heterocycles. The van der Waals surface area contributed by atoms with Gasteiger partial charge in [-0.1, -0.05) is 24.3 Å². The third-order valence-corrected chi connectivity index (χ3v) is 4.81. The van der Waals surface area contributed by atoms with E-state index in [1.54, 1.807) is 23.7 Å². The van der Waals surface area contributed by atoms with Gasteiger partial charge >= 0.3 is 0 Å². The van der Waals surface area contributed by atoms with Crippen molar-refractivity contribution in [2.75, 3.05) is 13.6 Å². The lowest BCUT2D eigenvalue weighted by Crippen LogP contribution is -2.40. The van der Waals surface area contributed by atoms with Crippen molar-refractivity contribution in [1.29, 1.82) is 0 Å². The quantitative estimate of drug-likeness (QED) is 0.716. The number of hydrogen-bond donors (Lipinski definition) is 2. The Labute approximate surface area is 149 Å². The second-order valence-corrected chi connectivity index (χ2v) is 6.59. The smallest absolute Gasteiger partial charge is 0.262 e. The first-order chi connectivity index (χ1) is 12.5. The molecule has 1 unspecified atom stereocenters. The maximum absolute atomic E-state index is 13.0. The summed E-state index contributed by atoms with van der Waals surface area (Å²) in [5, 5.41) is 7.79. The second kappa shape index (κ2) is 6.38. The van der Waals surface area contributed by atoms with E-state index in [1.807, 2.05) is 24.3 Å². The number of benzene rings is 1. The van der Waals surface area contributed by atoms with Gasteiger partial charge in [0.15, 0.2) is 5.65 Å². The van der Waals surface area contributed by atoms with Crippen molar-refractivity contribution in [3.63, 3.8) is 0 Å². The molecule has 3 aromatic rings. The Kier molecular flexibility index (Phi) is 4.04. The minimum atomic E-state index is -0.247. The van der Waals surface area contributed by atoms with Crippen LogP contribution in [-0.2, 0) is 24.9 Å². The number of fused-ring (bicyclic) bond motifs is 2. The molecule has 1 atom stereocenters. The van der Waals surface area contributed by atoms with E-state index in [-0.39, 0.29) is 23.9 Å². The summed E-state index contributed by atoms with van der Waals surface area (Å²) in [6.07, 6.45) is 1.49. The number of amides is 1. The molecule has 1 aromatic carbocycles. The van der Waals surface area contributed by atoms with Crippen LogP contribution in [0.4, 0.5) is 0 Å². The summed E-state index contributed by atoms with van der Waals surface area (Å²) in [4.78, 5) is 33.9. The van der Waals surface area contributed by atoms with E-state index in [1.165, 1.54) is 6.20 Å². The minimum absolute atomic E-state index is 0.00241. The standard InChI is InChI=1S/C18H20N6O2/c1-23(10-15-21-16-14(17(25)22-15)9-20-24(16)2)18(26)13-8-19-7-11-5-3-4-6-12(11)13/h3-6,9,13,19H,7-8,10H2,1-2H3,(H,21,22,25). The van der Waals surface area contributed by atoms with Crippen LogP contribution < -0.4 is 10.9 Å². The Morgan fingerprint density at radius 3 is 3.04 bits per heavy atom. The van der Waals surface area contributed by atoms with Gasteiger partial charge in [-0.25, -0.2) is 4.98 Å². The maximum atomic E-state index is 13.0. The SMILES string of the molecule is CN(Cc1nc2c(cnn2C)c(=O)[nH]1)C(=O)C1CNCc2ccccc21. The molecule has 8 nitrogen and oxygen atoms in total. The average molecular weight is 352 g/mol. The minimum Gasteiger partial charge on any atom is -0.338 e. The summed E-state index contributed by atoms with van der Waals surface area (Å²) in [6.45, 7) is 1.61. The fourth-order valence-electron chi connectivity index (χ4n) is 3.44. The van der Waals surface area contributed by atoms with Gasteiger partial charge in [0.1, 0.15) is 11.2 Å². The van der Waals surface area contributed by atoms with Crippen LogP contribution in [0.3, 0.4) is 0 Å². The molecule has 0 bridgehead atoms. The molecular formula is C18H20N6O2. The van der Waals surface area contributed by atoms with E-state index in [9.17, 15) is 9.59 Å². The highest BCUT2D eigenvalue weighted by Crippen LogP contribution is 2.25. The van der Waals surface area contributed by atoms with Crippen molar-refractivity contribution in [1.82, 2.24) is 30.0 Å². The van der Waals surface area contributed by atoms with Crippen molar-refractivity contribution in [2.24, 2.45) is 7.05 Å². The van der Waals surface area contributed by atoms with Crippen LogP contribution in [0, 0.1) is 0 Å². The van der Waals surface area contributed by atoms with Gasteiger partial charge in [0, 0.05) is 27.2 Å². The van der Waals surface area contributed by atoms with Crippen molar-refractivity contribution in [3.8, 4) is 0 Å². The van der Waals surface area contributed by atoms with E-state index in [0.717, 1.165) is 17.7 Å². The second-order valence-electron chi connectivity index (χ2n) is 6.59. The highest BCUT2D eigenvalue weighted by molar-refractivity contribution is 5.84. The van der Waals surface area contributed by atoms with Crippen molar-refractivity contribution in [3.05, 3.63) is 57.8 Å². The van der Waals surface area contributed by atoms with Gasteiger partial charge in [-0.3, -0.25) is 14.3 Å². The Balaban J connectivity index is 1.59. The third kappa shape index (κ3) is 2.78. The molecule has 2 N–H and O–H groups in total. The number of aromatic nitrogens is 4. The van der Waals surface area contributed by atoms with E-state index in [0.29, 0.717) is 23.4 Å². The Hall–Kier alpha value is -3.00. The zero-order valence-corrected chi connectivity index (χ0v) is 14.7. The number of H-pyrrole nitrogens is 1. The summed E-state index contributed by atoms with van der Waals surface area (Å²) in [5.41, 5.74) is 2.47. The van der Waals surface area contributed by atoms with Gasteiger partial charge < -0.3 is 15.2 Å². The summed E-state index contributed by atoms with van der Waals surface area (Å²) in [6, 6.07) is 7.99. The first kappa shape index (κ1) is 16.5. The van der Waals surface area contributed by atoms with Crippen LogP contribution in [0.15, 0.2) is 35.3 Å². The largest absolute Gasteiger partial charge is 0.338 e. The number of carbonyl (C=O) groups excluding carboxylic acids is 1. The molecule has 1 aliphatic rings. The maximum Gasteiger partial charge on any atom is 0.262 e. The van der Waals surface area contributed by atoms with Gasteiger partial charge in [-0.05, 0) is 11.1 Å². The van der Waals surface area contributed by atoms with E-state index in [2.05, 4.69) is 20.4 Å². The molecule has 134 valence electrons. The lowest BCUT2D eigenvalue weighted by atomic mass is 9.90. The molecule has 8 heteroatoms. The molecule has 0 saturated carbocycles. The predicted octanol–water partition coefficient (Wildman–Crippen LogP) is 0.502. The van der Waals surface area contributed by atoms with E-state index in [4.69, 9.17) is 0 Å². The highest BCUT2D eigenvalue weighted by atomic mass is 16.2. The topological polar surface area (TPSA) is 95.9 Å². The molecule has 0 fully saturated rings. The molecule has 1 amide bonds. The lowest BCUT2D eigenvalue weighted by Gasteiger charge is -2.29. The van der Waals surface area contributed by atoms with Crippen LogP contribution in [-0.4, -0.2) is 44.1 Å². The van der Waals surface area contributed by atoms with E-state index >= 15 is 0 Å². The van der Waals surface area contributed by atoms with Crippen molar-refractivity contribution in [2.45, 2.75) is 19.0 Å². The first-order valence-corrected chi connectivity index (χ1v) is 8.49. The average Bonchev–Trinajstić information content (AvgIpc) is 3.02. The Morgan fingerprint density at radius 2 is 2.19 bits per heavy atom.